The van der Waals surface area contributed by atoms with Gasteiger partial charge in [0.2, 0.25) is 10.0 Å². The van der Waals surface area contributed by atoms with Crippen molar-refractivity contribution in [2.24, 2.45) is 5.84 Å². The zero-order valence-electron chi connectivity index (χ0n) is 9.35. The van der Waals surface area contributed by atoms with Crippen LogP contribution in [0.25, 0.3) is 0 Å². The predicted octanol–water partition coefficient (Wildman–Crippen LogP) is 0.344. The Hall–Kier alpha value is -1.19. The average molecular weight is 340 g/mol. The molecular formula is C9H11BrFN3O3S. The van der Waals surface area contributed by atoms with E-state index in [1.54, 1.807) is 0 Å². The first-order valence-corrected chi connectivity index (χ1v) is 7.32. The fourth-order valence-corrected chi connectivity index (χ4v) is 2.79. The van der Waals surface area contributed by atoms with Crippen molar-refractivity contribution >= 4 is 37.5 Å². The van der Waals surface area contributed by atoms with Gasteiger partial charge in [-0.05, 0) is 34.1 Å². The molecule has 0 aliphatic rings. The lowest BCUT2D eigenvalue weighted by Crippen LogP contribution is -2.43. The highest BCUT2D eigenvalue weighted by molar-refractivity contribution is 9.10. The van der Waals surface area contributed by atoms with Crippen LogP contribution in [0.15, 0.2) is 22.7 Å². The Labute approximate surface area is 112 Å². The fraction of sp³-hybridized carbons (Fsp3) is 0.222. The Morgan fingerprint density at radius 3 is 2.61 bits per heavy atom. The molecule has 6 nitrogen and oxygen atoms in total. The van der Waals surface area contributed by atoms with E-state index in [0.29, 0.717) is 0 Å². The summed E-state index contributed by atoms with van der Waals surface area (Å²) in [5, 5.41) is 0. The van der Waals surface area contributed by atoms with Crippen LogP contribution in [-0.2, 0) is 14.8 Å². The molecule has 18 heavy (non-hydrogen) atoms. The van der Waals surface area contributed by atoms with Crippen LogP contribution in [0.2, 0.25) is 0 Å². The van der Waals surface area contributed by atoms with E-state index in [-0.39, 0.29) is 10.2 Å². The van der Waals surface area contributed by atoms with Crippen LogP contribution in [0, 0.1) is 5.82 Å². The molecule has 0 aliphatic carbocycles. The van der Waals surface area contributed by atoms with E-state index in [0.717, 1.165) is 22.7 Å². The summed E-state index contributed by atoms with van der Waals surface area (Å²) < 4.78 is 37.2. The lowest BCUT2D eigenvalue weighted by Gasteiger charge is -2.22. The highest BCUT2D eigenvalue weighted by Gasteiger charge is 2.22. The van der Waals surface area contributed by atoms with Gasteiger partial charge in [-0.3, -0.25) is 14.5 Å². The monoisotopic (exact) mass is 339 g/mol. The molecule has 1 rings (SSSR count). The molecule has 0 saturated heterocycles. The summed E-state index contributed by atoms with van der Waals surface area (Å²) in [6.45, 7) is -0.487. The molecule has 0 atom stereocenters. The number of carbonyl (C=O) groups is 1. The second-order valence-corrected chi connectivity index (χ2v) is 6.19. The van der Waals surface area contributed by atoms with Crippen molar-refractivity contribution in [1.29, 1.82) is 0 Å². The number of benzene rings is 1. The molecule has 0 heterocycles. The Bertz CT molecular complexity index is 564. The maximum atomic E-state index is 12.9. The zero-order valence-corrected chi connectivity index (χ0v) is 11.8. The average Bonchev–Trinajstić information content (AvgIpc) is 2.25. The van der Waals surface area contributed by atoms with Crippen molar-refractivity contribution in [3.05, 3.63) is 28.5 Å². The van der Waals surface area contributed by atoms with Crippen molar-refractivity contribution in [2.75, 3.05) is 17.1 Å². The summed E-state index contributed by atoms with van der Waals surface area (Å²) in [5.41, 5.74) is 1.99. The third kappa shape index (κ3) is 3.65. The minimum atomic E-state index is -3.69. The summed E-state index contributed by atoms with van der Waals surface area (Å²) in [6, 6.07) is 3.46. The van der Waals surface area contributed by atoms with Crippen molar-refractivity contribution in [3.63, 3.8) is 0 Å². The molecule has 0 fully saturated rings. The molecule has 3 N–H and O–H groups in total. The lowest BCUT2D eigenvalue weighted by molar-refractivity contribution is -0.119. The summed E-state index contributed by atoms with van der Waals surface area (Å²) in [7, 11) is -3.69. The lowest BCUT2D eigenvalue weighted by atomic mass is 10.3. The maximum absolute atomic E-state index is 12.9. The Balaban J connectivity index is 3.22. The number of nitrogens with two attached hydrogens (primary N) is 1. The number of hydrogen-bond donors (Lipinski definition) is 2. The fourth-order valence-electron chi connectivity index (χ4n) is 1.24. The molecule has 0 radical (unpaired) electrons. The molecule has 1 aromatic rings. The minimum absolute atomic E-state index is 0.155. The number of rotatable bonds is 4. The van der Waals surface area contributed by atoms with E-state index in [1.165, 1.54) is 6.07 Å². The number of nitrogens with zero attached hydrogens (tertiary/aromatic N) is 1. The van der Waals surface area contributed by atoms with Crippen LogP contribution in [0.5, 0.6) is 0 Å². The second-order valence-electron chi connectivity index (χ2n) is 3.43. The van der Waals surface area contributed by atoms with Gasteiger partial charge in [0.15, 0.2) is 0 Å². The number of hydrogen-bond acceptors (Lipinski definition) is 4. The van der Waals surface area contributed by atoms with Gasteiger partial charge in [0.1, 0.15) is 12.4 Å². The van der Waals surface area contributed by atoms with Gasteiger partial charge in [-0.1, -0.05) is 0 Å². The summed E-state index contributed by atoms with van der Waals surface area (Å²) in [5.74, 6) is 3.70. The van der Waals surface area contributed by atoms with Crippen LogP contribution in [0.4, 0.5) is 10.1 Å². The van der Waals surface area contributed by atoms with E-state index >= 15 is 0 Å². The van der Waals surface area contributed by atoms with Crippen LogP contribution in [0.3, 0.4) is 0 Å². The van der Waals surface area contributed by atoms with Gasteiger partial charge in [0, 0.05) is 4.47 Å². The van der Waals surface area contributed by atoms with Crippen molar-refractivity contribution in [3.8, 4) is 0 Å². The summed E-state index contributed by atoms with van der Waals surface area (Å²) in [4.78, 5) is 11.2. The van der Waals surface area contributed by atoms with E-state index in [1.807, 2.05) is 5.43 Å². The van der Waals surface area contributed by atoms with Gasteiger partial charge in [-0.25, -0.2) is 18.7 Å². The SMILES string of the molecule is CS(=O)(=O)N(CC(=O)NN)c1ccc(F)cc1Br. The van der Waals surface area contributed by atoms with E-state index < -0.39 is 28.3 Å². The highest BCUT2D eigenvalue weighted by Crippen LogP contribution is 2.28. The molecule has 0 spiro atoms. The molecule has 0 saturated carbocycles. The predicted molar refractivity (Wildman–Crippen MR) is 68.6 cm³/mol. The van der Waals surface area contributed by atoms with Gasteiger partial charge < -0.3 is 0 Å². The second kappa shape index (κ2) is 5.63. The number of anilines is 1. The van der Waals surface area contributed by atoms with E-state index in [2.05, 4.69) is 15.9 Å². The number of amides is 1. The van der Waals surface area contributed by atoms with Crippen LogP contribution >= 0.6 is 15.9 Å². The molecule has 0 aliphatic heterocycles. The molecule has 0 unspecified atom stereocenters. The third-order valence-electron chi connectivity index (χ3n) is 2.03. The topological polar surface area (TPSA) is 92.5 Å². The van der Waals surface area contributed by atoms with Crippen LogP contribution < -0.4 is 15.6 Å². The first kappa shape index (κ1) is 14.9. The van der Waals surface area contributed by atoms with Crippen molar-refractivity contribution in [2.45, 2.75) is 0 Å². The number of hydrazine groups is 1. The minimum Gasteiger partial charge on any atom is -0.293 e. The zero-order chi connectivity index (χ0) is 13.9. The van der Waals surface area contributed by atoms with Crippen molar-refractivity contribution in [1.82, 2.24) is 5.43 Å². The normalized spacial score (nSPS) is 11.1. The largest absolute Gasteiger partial charge is 0.293 e. The molecule has 0 aromatic heterocycles. The summed E-state index contributed by atoms with van der Waals surface area (Å²) >= 11 is 3.04. The van der Waals surface area contributed by atoms with Gasteiger partial charge in [0.25, 0.3) is 5.91 Å². The molecule has 9 heteroatoms. The van der Waals surface area contributed by atoms with Gasteiger partial charge in [-0.15, -0.1) is 0 Å². The van der Waals surface area contributed by atoms with Crippen LogP contribution in [-0.4, -0.2) is 27.1 Å². The third-order valence-corrected chi connectivity index (χ3v) is 3.79. The van der Waals surface area contributed by atoms with Gasteiger partial charge >= 0.3 is 0 Å². The molecule has 0 bridgehead atoms. The number of sulfonamides is 1. The number of nitrogens with one attached hydrogen (secondary N) is 1. The standard InChI is InChI=1S/C9H11BrFN3O3S/c1-18(16,17)14(5-9(15)13-12)8-3-2-6(11)4-7(8)10/h2-4H,5,12H2,1H3,(H,13,15). The maximum Gasteiger partial charge on any atom is 0.254 e. The quantitative estimate of drug-likeness (QED) is 0.470. The summed E-state index contributed by atoms with van der Waals surface area (Å²) in [6.07, 6.45) is 0.937. The van der Waals surface area contributed by atoms with E-state index in [4.69, 9.17) is 5.84 Å². The molecule has 1 aromatic carbocycles. The first-order valence-electron chi connectivity index (χ1n) is 4.68. The smallest absolute Gasteiger partial charge is 0.254 e. The highest BCUT2D eigenvalue weighted by atomic mass is 79.9. The Kier molecular flexibility index (Phi) is 4.65. The molecular weight excluding hydrogens is 329 g/mol. The van der Waals surface area contributed by atoms with Gasteiger partial charge in [-0.2, -0.15) is 0 Å². The van der Waals surface area contributed by atoms with E-state index in [9.17, 15) is 17.6 Å². The molecule has 100 valence electrons. The molecule has 1 amide bonds. The first-order chi connectivity index (χ1) is 8.25. The number of halogens is 2. The Morgan fingerprint density at radius 1 is 1.56 bits per heavy atom. The Morgan fingerprint density at radius 2 is 2.17 bits per heavy atom. The van der Waals surface area contributed by atoms with Gasteiger partial charge in [0.05, 0.1) is 11.9 Å². The van der Waals surface area contributed by atoms with Crippen LogP contribution in [0.1, 0.15) is 0 Å². The van der Waals surface area contributed by atoms with Crippen molar-refractivity contribution < 1.29 is 17.6 Å². The number of carbonyl (C=O) groups excluding carboxylic acids is 1.